The third-order valence-corrected chi connectivity index (χ3v) is 5.61. The summed E-state index contributed by atoms with van der Waals surface area (Å²) in [5, 5.41) is 10.7. The van der Waals surface area contributed by atoms with Crippen molar-refractivity contribution in [3.05, 3.63) is 69.5 Å². The van der Waals surface area contributed by atoms with Gasteiger partial charge in [0.15, 0.2) is 10.6 Å². The maximum absolute atomic E-state index is 12.7. The molecule has 0 spiro atoms. The third kappa shape index (κ3) is 5.36. The summed E-state index contributed by atoms with van der Waals surface area (Å²) < 4.78 is 2.09. The Morgan fingerprint density at radius 3 is 2.47 bits per heavy atom. The number of carbonyl (C=O) groups excluding carboxylic acids is 1. The van der Waals surface area contributed by atoms with Crippen LogP contribution in [-0.2, 0) is 17.8 Å². The average Bonchev–Trinajstić information content (AvgIpc) is 3.09. The Morgan fingerprint density at radius 2 is 1.87 bits per heavy atom. The van der Waals surface area contributed by atoms with Crippen LogP contribution in [0.3, 0.4) is 0 Å². The van der Waals surface area contributed by atoms with Crippen molar-refractivity contribution in [1.82, 2.24) is 25.0 Å². The largest absolute Gasteiger partial charge is 0.353 e. The van der Waals surface area contributed by atoms with Gasteiger partial charge < -0.3 is 10.2 Å². The van der Waals surface area contributed by atoms with Gasteiger partial charge in [-0.3, -0.25) is 14.5 Å². The summed E-state index contributed by atoms with van der Waals surface area (Å²) in [6.45, 7) is 2.72. The highest BCUT2D eigenvalue weighted by Crippen LogP contribution is 2.21. The predicted octanol–water partition coefficient (Wildman–Crippen LogP) is 4.24. The standard InChI is InChI=1S/C22H26ClN5OS/c1-4-15-5-7-16(8-6-15)19(27(2)3)13-24-20(29)14-28-21(25-26-22(28)30)17-9-11-18(23)12-10-17/h5-12,19H,4,13-14H2,1-3H3,(H,24,29)(H,26,30). The second-order valence-corrected chi connectivity index (χ2v) is 8.15. The van der Waals surface area contributed by atoms with Gasteiger partial charge in [-0.25, -0.2) is 0 Å². The molecule has 158 valence electrons. The Morgan fingerprint density at radius 1 is 1.20 bits per heavy atom. The molecule has 30 heavy (non-hydrogen) atoms. The first-order chi connectivity index (χ1) is 14.4. The van der Waals surface area contributed by atoms with Crippen LogP contribution in [0.4, 0.5) is 0 Å². The first-order valence-electron chi connectivity index (χ1n) is 9.82. The summed E-state index contributed by atoms with van der Waals surface area (Å²) in [6.07, 6.45) is 1.00. The quantitative estimate of drug-likeness (QED) is 0.511. The van der Waals surface area contributed by atoms with Crippen LogP contribution < -0.4 is 5.32 Å². The van der Waals surface area contributed by atoms with Gasteiger partial charge in [-0.2, -0.15) is 5.10 Å². The summed E-state index contributed by atoms with van der Waals surface area (Å²) in [5.74, 6) is 0.478. The monoisotopic (exact) mass is 443 g/mol. The van der Waals surface area contributed by atoms with E-state index in [4.69, 9.17) is 23.8 Å². The van der Waals surface area contributed by atoms with Crippen LogP contribution >= 0.6 is 23.8 Å². The zero-order valence-electron chi connectivity index (χ0n) is 17.4. The van der Waals surface area contributed by atoms with Crippen LogP contribution in [0.1, 0.15) is 24.1 Å². The Kier molecular flexibility index (Phi) is 7.42. The molecule has 0 saturated carbocycles. The normalized spacial score (nSPS) is 12.2. The minimum absolute atomic E-state index is 0.0768. The maximum Gasteiger partial charge on any atom is 0.240 e. The van der Waals surface area contributed by atoms with E-state index >= 15 is 0 Å². The summed E-state index contributed by atoms with van der Waals surface area (Å²) in [5.41, 5.74) is 3.30. The van der Waals surface area contributed by atoms with Crippen LogP contribution in [0.5, 0.6) is 0 Å². The predicted molar refractivity (Wildman–Crippen MR) is 123 cm³/mol. The molecular weight excluding hydrogens is 418 g/mol. The molecule has 0 fully saturated rings. The van der Waals surface area contributed by atoms with Gasteiger partial charge in [0.05, 0.1) is 6.04 Å². The fourth-order valence-corrected chi connectivity index (χ4v) is 3.59. The first kappa shape index (κ1) is 22.2. The Balaban J connectivity index is 1.70. The SMILES string of the molecule is CCc1ccc(C(CNC(=O)Cn2c(-c3ccc(Cl)cc3)n[nH]c2=S)N(C)C)cc1. The third-order valence-electron chi connectivity index (χ3n) is 5.05. The number of aromatic nitrogens is 3. The van der Waals surface area contributed by atoms with Gasteiger partial charge in [0.1, 0.15) is 6.54 Å². The molecule has 0 aliphatic carbocycles. The lowest BCUT2D eigenvalue weighted by atomic mass is 10.0. The highest BCUT2D eigenvalue weighted by atomic mass is 35.5. The van der Waals surface area contributed by atoms with Gasteiger partial charge in [0, 0.05) is 17.1 Å². The fourth-order valence-electron chi connectivity index (χ4n) is 3.27. The first-order valence-corrected chi connectivity index (χ1v) is 10.6. The summed E-state index contributed by atoms with van der Waals surface area (Å²) in [7, 11) is 4.02. The molecule has 0 aliphatic rings. The van der Waals surface area contributed by atoms with E-state index in [2.05, 4.69) is 51.6 Å². The molecule has 2 aromatic carbocycles. The van der Waals surface area contributed by atoms with Crippen molar-refractivity contribution in [2.45, 2.75) is 25.9 Å². The number of halogens is 1. The lowest BCUT2D eigenvalue weighted by Gasteiger charge is -2.25. The zero-order chi connectivity index (χ0) is 21.7. The molecule has 3 aromatic rings. The van der Waals surface area contributed by atoms with Gasteiger partial charge in [0.25, 0.3) is 0 Å². The molecule has 8 heteroatoms. The molecule has 0 bridgehead atoms. The fraction of sp³-hybridized carbons (Fsp3) is 0.318. The Bertz CT molecular complexity index is 1040. The summed E-state index contributed by atoms with van der Waals surface area (Å²) >= 11 is 11.3. The molecule has 1 heterocycles. The molecule has 1 aromatic heterocycles. The van der Waals surface area contributed by atoms with Crippen molar-refractivity contribution < 1.29 is 4.79 Å². The number of likely N-dealkylation sites (N-methyl/N-ethyl adjacent to an activating group) is 1. The van der Waals surface area contributed by atoms with Crippen molar-refractivity contribution in [3.8, 4) is 11.4 Å². The van der Waals surface area contributed by atoms with Crippen molar-refractivity contribution in [2.24, 2.45) is 0 Å². The Hall–Kier alpha value is -2.48. The van der Waals surface area contributed by atoms with E-state index in [9.17, 15) is 4.79 Å². The van der Waals surface area contributed by atoms with Crippen molar-refractivity contribution in [1.29, 1.82) is 0 Å². The molecule has 1 unspecified atom stereocenters. The number of aromatic amines is 1. The number of amides is 1. The molecule has 3 rings (SSSR count). The van der Waals surface area contributed by atoms with Crippen LogP contribution in [-0.4, -0.2) is 46.2 Å². The van der Waals surface area contributed by atoms with E-state index in [1.165, 1.54) is 11.1 Å². The Labute approximate surface area is 186 Å². The summed E-state index contributed by atoms with van der Waals surface area (Å²) in [6, 6.07) is 15.9. The lowest BCUT2D eigenvalue weighted by Crippen LogP contribution is -2.36. The lowest BCUT2D eigenvalue weighted by molar-refractivity contribution is -0.121. The van der Waals surface area contributed by atoms with E-state index in [1.807, 2.05) is 26.2 Å². The zero-order valence-corrected chi connectivity index (χ0v) is 18.9. The molecule has 1 atom stereocenters. The van der Waals surface area contributed by atoms with Crippen LogP contribution in [0.2, 0.25) is 5.02 Å². The topological polar surface area (TPSA) is 66.0 Å². The number of benzene rings is 2. The number of hydrogen-bond donors (Lipinski definition) is 2. The number of H-pyrrole nitrogens is 1. The van der Waals surface area contributed by atoms with Crippen molar-refractivity contribution >= 4 is 29.7 Å². The van der Waals surface area contributed by atoms with Crippen LogP contribution in [0, 0.1) is 4.77 Å². The molecule has 1 amide bonds. The number of hydrogen-bond acceptors (Lipinski definition) is 4. The molecular formula is C22H26ClN5OS. The highest BCUT2D eigenvalue weighted by molar-refractivity contribution is 7.71. The number of nitrogens with zero attached hydrogens (tertiary/aromatic N) is 3. The van der Waals surface area contributed by atoms with E-state index in [0.29, 0.717) is 22.2 Å². The minimum atomic E-state index is -0.125. The smallest absolute Gasteiger partial charge is 0.240 e. The van der Waals surface area contributed by atoms with Crippen LogP contribution in [0.15, 0.2) is 48.5 Å². The molecule has 6 nitrogen and oxygen atoms in total. The molecule has 0 aliphatic heterocycles. The molecule has 0 radical (unpaired) electrons. The molecule has 0 saturated heterocycles. The summed E-state index contributed by atoms with van der Waals surface area (Å²) in [4.78, 5) is 14.8. The number of rotatable bonds is 8. The van der Waals surface area contributed by atoms with Crippen molar-refractivity contribution in [2.75, 3.05) is 20.6 Å². The number of nitrogens with one attached hydrogen (secondary N) is 2. The number of aryl methyl sites for hydroxylation is 1. The van der Waals surface area contributed by atoms with E-state index in [0.717, 1.165) is 12.0 Å². The van der Waals surface area contributed by atoms with Gasteiger partial charge in [0.2, 0.25) is 5.91 Å². The van der Waals surface area contributed by atoms with Gasteiger partial charge in [-0.05, 0) is 68.1 Å². The second kappa shape index (κ2) is 10.0. The highest BCUT2D eigenvalue weighted by Gasteiger charge is 2.17. The average molecular weight is 444 g/mol. The van der Waals surface area contributed by atoms with E-state index in [-0.39, 0.29) is 18.5 Å². The van der Waals surface area contributed by atoms with Gasteiger partial charge >= 0.3 is 0 Å². The van der Waals surface area contributed by atoms with Gasteiger partial charge in [-0.15, -0.1) is 0 Å². The maximum atomic E-state index is 12.7. The second-order valence-electron chi connectivity index (χ2n) is 7.32. The molecule has 2 N–H and O–H groups in total. The van der Waals surface area contributed by atoms with Crippen LogP contribution in [0.25, 0.3) is 11.4 Å². The van der Waals surface area contributed by atoms with Gasteiger partial charge in [-0.1, -0.05) is 42.8 Å². The minimum Gasteiger partial charge on any atom is -0.353 e. The van der Waals surface area contributed by atoms with E-state index in [1.54, 1.807) is 16.7 Å². The van der Waals surface area contributed by atoms with Crippen molar-refractivity contribution in [3.63, 3.8) is 0 Å². The number of carbonyl (C=O) groups is 1. The van der Waals surface area contributed by atoms with E-state index < -0.39 is 0 Å².